The first-order valence-corrected chi connectivity index (χ1v) is 8.51. The second-order valence-electron chi connectivity index (χ2n) is 6.96. The molecule has 0 aliphatic rings. The van der Waals surface area contributed by atoms with E-state index < -0.39 is 11.0 Å². The van der Waals surface area contributed by atoms with Crippen molar-refractivity contribution in [2.45, 2.75) is 97.9 Å². The molecule has 0 aliphatic carbocycles. The third-order valence-electron chi connectivity index (χ3n) is 4.71. The molecule has 0 spiro atoms. The van der Waals surface area contributed by atoms with Gasteiger partial charge in [0.1, 0.15) is 17.0 Å². The second kappa shape index (κ2) is 9.34. The molecule has 0 heterocycles. The molecule has 0 fully saturated rings. The maximum Gasteiger partial charge on any atom is 0.145 e. The molecule has 0 atom stereocenters. The largest absolute Gasteiger partial charge is 0.324 e. The first-order chi connectivity index (χ1) is 9.70. The van der Waals surface area contributed by atoms with Gasteiger partial charge in [-0.15, -0.1) is 0 Å². The van der Waals surface area contributed by atoms with Crippen molar-refractivity contribution in [2.24, 2.45) is 11.1 Å². The molecule has 0 aliphatic heterocycles. The minimum Gasteiger partial charge on any atom is -0.324 e. The van der Waals surface area contributed by atoms with E-state index >= 15 is 0 Å². The van der Waals surface area contributed by atoms with E-state index in [4.69, 9.17) is 5.73 Å². The number of carbonyl (C=O) groups excluding carboxylic acids is 2. The molecule has 0 amide bonds. The zero-order valence-electron chi connectivity index (χ0n) is 14.8. The van der Waals surface area contributed by atoms with Gasteiger partial charge in [0.25, 0.3) is 0 Å². The summed E-state index contributed by atoms with van der Waals surface area (Å²) in [6.45, 7) is 8.81. The number of Topliss-reactive ketones (excluding diaryl/α,β-unsaturated/α-hetero) is 2. The van der Waals surface area contributed by atoms with E-state index in [1.54, 1.807) is 13.8 Å². The molecule has 0 aromatic heterocycles. The summed E-state index contributed by atoms with van der Waals surface area (Å²) in [5.74, 6) is -0.184. The lowest BCUT2D eigenvalue weighted by molar-refractivity contribution is -0.143. The molecule has 2 N–H and O–H groups in total. The Balaban J connectivity index is 4.34. The van der Waals surface area contributed by atoms with Gasteiger partial charge in [0, 0.05) is 5.54 Å². The number of hydrogen-bond acceptors (Lipinski definition) is 3. The van der Waals surface area contributed by atoms with Gasteiger partial charge in [-0.05, 0) is 34.1 Å². The highest BCUT2D eigenvalue weighted by Gasteiger charge is 2.50. The number of unbranched alkanes of at least 4 members (excludes halogenated alkanes) is 7. The average molecular weight is 297 g/mol. The summed E-state index contributed by atoms with van der Waals surface area (Å²) in [5, 5.41) is 0. The van der Waals surface area contributed by atoms with Gasteiger partial charge in [0.05, 0.1) is 0 Å². The number of ketones is 2. The van der Waals surface area contributed by atoms with Crippen molar-refractivity contribution in [1.82, 2.24) is 0 Å². The van der Waals surface area contributed by atoms with Crippen LogP contribution >= 0.6 is 0 Å². The molecule has 0 unspecified atom stereocenters. The van der Waals surface area contributed by atoms with Crippen molar-refractivity contribution >= 4 is 11.6 Å². The summed E-state index contributed by atoms with van der Waals surface area (Å²) in [6, 6.07) is 0. The number of carbonyl (C=O) groups is 2. The summed E-state index contributed by atoms with van der Waals surface area (Å²) >= 11 is 0. The maximum atomic E-state index is 12.1. The van der Waals surface area contributed by atoms with Crippen LogP contribution in [0.25, 0.3) is 0 Å². The van der Waals surface area contributed by atoms with Gasteiger partial charge < -0.3 is 5.73 Å². The summed E-state index contributed by atoms with van der Waals surface area (Å²) in [4.78, 5) is 24.2. The monoisotopic (exact) mass is 297 g/mol. The van der Waals surface area contributed by atoms with Crippen molar-refractivity contribution in [1.29, 1.82) is 0 Å². The van der Waals surface area contributed by atoms with E-state index in [1.165, 1.54) is 52.4 Å². The van der Waals surface area contributed by atoms with Crippen molar-refractivity contribution in [3.05, 3.63) is 0 Å². The van der Waals surface area contributed by atoms with Crippen LogP contribution in [0.15, 0.2) is 0 Å². The fourth-order valence-electron chi connectivity index (χ4n) is 3.35. The third-order valence-corrected chi connectivity index (χ3v) is 4.71. The highest BCUT2D eigenvalue weighted by atomic mass is 16.2. The topological polar surface area (TPSA) is 60.2 Å². The maximum absolute atomic E-state index is 12.1. The van der Waals surface area contributed by atoms with Crippen molar-refractivity contribution in [3.8, 4) is 0 Å². The number of nitrogens with two attached hydrogens (primary N) is 1. The zero-order chi connectivity index (χ0) is 16.5. The molecule has 21 heavy (non-hydrogen) atoms. The quantitative estimate of drug-likeness (QED) is 0.428. The minimum absolute atomic E-state index is 0.0922. The Kier molecular flexibility index (Phi) is 9.03. The van der Waals surface area contributed by atoms with Gasteiger partial charge in [0.2, 0.25) is 0 Å². The molecule has 3 heteroatoms. The molecule has 3 nitrogen and oxygen atoms in total. The summed E-state index contributed by atoms with van der Waals surface area (Å²) in [6.07, 6.45) is 10.2. The second-order valence-corrected chi connectivity index (χ2v) is 6.96. The fourth-order valence-corrected chi connectivity index (χ4v) is 3.35. The zero-order valence-corrected chi connectivity index (χ0v) is 14.8. The number of rotatable bonds is 12. The van der Waals surface area contributed by atoms with Crippen LogP contribution in [0.3, 0.4) is 0 Å². The Morgan fingerprint density at radius 3 is 1.52 bits per heavy atom. The molecule has 124 valence electrons. The molecule has 0 rings (SSSR count). The Bertz CT molecular complexity index is 315. The molecular formula is C18H35NO2. The van der Waals surface area contributed by atoms with Gasteiger partial charge in [0.15, 0.2) is 0 Å². The Morgan fingerprint density at radius 2 is 1.19 bits per heavy atom. The predicted molar refractivity (Wildman–Crippen MR) is 89.3 cm³/mol. The highest BCUT2D eigenvalue weighted by molar-refractivity contribution is 6.06. The van der Waals surface area contributed by atoms with E-state index in [0.717, 1.165) is 12.8 Å². The summed E-state index contributed by atoms with van der Waals surface area (Å²) in [5.41, 5.74) is 4.35. The van der Waals surface area contributed by atoms with E-state index in [1.807, 2.05) is 0 Å². The van der Waals surface area contributed by atoms with Crippen LogP contribution in [0.4, 0.5) is 0 Å². The third kappa shape index (κ3) is 5.90. The van der Waals surface area contributed by atoms with Gasteiger partial charge in [-0.1, -0.05) is 58.3 Å². The smallest absolute Gasteiger partial charge is 0.145 e. The Hall–Kier alpha value is -0.700. The Labute approximate surface area is 131 Å². The average Bonchev–Trinajstić information content (AvgIpc) is 2.34. The van der Waals surface area contributed by atoms with Crippen LogP contribution in [-0.4, -0.2) is 17.1 Å². The lowest BCUT2D eigenvalue weighted by Gasteiger charge is -2.40. The molecule has 0 saturated heterocycles. The van der Waals surface area contributed by atoms with Crippen molar-refractivity contribution in [3.63, 3.8) is 0 Å². The molecule has 0 aromatic carbocycles. The predicted octanol–water partition coefficient (Wildman–Crippen LogP) is 4.42. The van der Waals surface area contributed by atoms with Crippen molar-refractivity contribution < 1.29 is 9.59 Å². The molecular weight excluding hydrogens is 262 g/mol. The fraction of sp³-hybridized carbons (Fsp3) is 0.889. The lowest BCUT2D eigenvalue weighted by Crippen LogP contribution is -2.58. The Morgan fingerprint density at radius 1 is 0.810 bits per heavy atom. The van der Waals surface area contributed by atoms with Crippen LogP contribution < -0.4 is 5.73 Å². The van der Waals surface area contributed by atoms with Crippen LogP contribution in [-0.2, 0) is 9.59 Å². The van der Waals surface area contributed by atoms with E-state index in [0.29, 0.717) is 6.42 Å². The van der Waals surface area contributed by atoms with Gasteiger partial charge >= 0.3 is 0 Å². The van der Waals surface area contributed by atoms with Crippen LogP contribution in [0, 0.1) is 5.41 Å². The van der Waals surface area contributed by atoms with E-state index in [-0.39, 0.29) is 11.6 Å². The van der Waals surface area contributed by atoms with Crippen LogP contribution in [0.5, 0.6) is 0 Å². The molecule has 0 bridgehead atoms. The standard InChI is InChI=1S/C18H35NO2/c1-6-7-8-9-10-11-12-13-14-18(15(2)20,16(3)21)17(4,5)19/h6-14,19H2,1-5H3. The van der Waals surface area contributed by atoms with Crippen molar-refractivity contribution in [2.75, 3.05) is 0 Å². The minimum atomic E-state index is -1.02. The van der Waals surface area contributed by atoms with Gasteiger partial charge in [-0.3, -0.25) is 9.59 Å². The summed E-state index contributed by atoms with van der Waals surface area (Å²) in [7, 11) is 0. The summed E-state index contributed by atoms with van der Waals surface area (Å²) < 4.78 is 0. The lowest BCUT2D eigenvalue weighted by atomic mass is 9.64. The van der Waals surface area contributed by atoms with Crippen LogP contribution in [0.2, 0.25) is 0 Å². The van der Waals surface area contributed by atoms with E-state index in [9.17, 15) is 9.59 Å². The van der Waals surface area contributed by atoms with Gasteiger partial charge in [-0.2, -0.15) is 0 Å². The van der Waals surface area contributed by atoms with Crippen LogP contribution in [0.1, 0.15) is 92.4 Å². The first kappa shape index (κ1) is 20.3. The first-order valence-electron chi connectivity index (χ1n) is 8.51. The van der Waals surface area contributed by atoms with E-state index in [2.05, 4.69) is 6.92 Å². The SMILES string of the molecule is CCCCCCCCCCC(C(C)=O)(C(C)=O)C(C)(C)N. The molecule has 0 radical (unpaired) electrons. The van der Waals surface area contributed by atoms with Gasteiger partial charge in [-0.25, -0.2) is 0 Å². The highest BCUT2D eigenvalue weighted by Crippen LogP contribution is 2.37. The number of hydrogen-bond donors (Lipinski definition) is 1. The molecule has 0 saturated carbocycles. The molecule has 0 aromatic rings. The normalized spacial score (nSPS) is 12.5.